The van der Waals surface area contributed by atoms with Gasteiger partial charge in [0.05, 0.1) is 13.2 Å². The van der Waals surface area contributed by atoms with E-state index in [1.165, 1.54) is 38.2 Å². The lowest BCUT2D eigenvalue weighted by molar-refractivity contribution is -0.0286. The molecule has 5 rings (SSSR count). The van der Waals surface area contributed by atoms with Crippen LogP contribution in [0.15, 0.2) is 24.3 Å². The van der Waals surface area contributed by atoms with Crippen molar-refractivity contribution in [3.05, 3.63) is 24.3 Å². The zero-order chi connectivity index (χ0) is 20.2. The predicted molar refractivity (Wildman–Crippen MR) is 124 cm³/mol. The first kappa shape index (κ1) is 20.8. The highest BCUT2D eigenvalue weighted by Crippen LogP contribution is 2.36. The Morgan fingerprint density at radius 2 is 1.93 bits per heavy atom. The van der Waals surface area contributed by atoms with Gasteiger partial charge in [0, 0.05) is 64.2 Å². The Balaban J connectivity index is 1.22. The molecule has 1 aromatic carbocycles. The molecule has 4 aliphatic heterocycles. The highest BCUT2D eigenvalue weighted by Gasteiger charge is 2.40. The molecule has 6 nitrogen and oxygen atoms in total. The maximum Gasteiger partial charge on any atom is 0.170 e. The third-order valence-electron chi connectivity index (χ3n) is 6.75. The average molecular weight is 418 g/mol. The Morgan fingerprint density at radius 1 is 1.17 bits per heavy atom. The van der Waals surface area contributed by atoms with Gasteiger partial charge in [-0.2, -0.15) is 0 Å². The maximum atomic E-state index is 5.54. The monoisotopic (exact) mass is 417 g/mol. The Kier molecular flexibility index (Phi) is 6.90. The predicted octanol–water partition coefficient (Wildman–Crippen LogP) is 2.08. The summed E-state index contributed by atoms with van der Waals surface area (Å²) in [5, 5.41) is 7.50. The molecule has 1 aromatic rings. The minimum absolute atomic E-state index is 0.602. The zero-order valence-corrected chi connectivity index (χ0v) is 18.6. The molecular weight excluding hydrogens is 382 g/mol. The van der Waals surface area contributed by atoms with Gasteiger partial charge in [-0.25, -0.2) is 0 Å². The van der Waals surface area contributed by atoms with Gasteiger partial charge in [0.15, 0.2) is 5.11 Å². The van der Waals surface area contributed by atoms with Gasteiger partial charge in [-0.1, -0.05) is 0 Å². The Morgan fingerprint density at radius 3 is 2.59 bits per heavy atom. The van der Waals surface area contributed by atoms with Gasteiger partial charge < -0.3 is 20.3 Å². The number of thiocarbonyl (C=S) groups is 1. The number of morpholine rings is 1. The van der Waals surface area contributed by atoms with Crippen molar-refractivity contribution in [3.8, 4) is 0 Å². The van der Waals surface area contributed by atoms with Crippen LogP contribution in [0.2, 0.25) is 0 Å². The van der Waals surface area contributed by atoms with E-state index in [-0.39, 0.29) is 0 Å². The maximum absolute atomic E-state index is 5.54. The summed E-state index contributed by atoms with van der Waals surface area (Å²) in [6.45, 7) is 8.65. The van der Waals surface area contributed by atoms with Crippen molar-refractivity contribution in [2.75, 3.05) is 76.8 Å². The summed E-state index contributed by atoms with van der Waals surface area (Å²) in [5.41, 5.74) is 2.22. The fourth-order valence-electron chi connectivity index (χ4n) is 5.01. The first-order valence-corrected chi connectivity index (χ1v) is 11.4. The number of rotatable bonds is 6. The zero-order valence-electron chi connectivity index (χ0n) is 17.8. The molecule has 0 saturated carbocycles. The Hall–Kier alpha value is -1.41. The van der Waals surface area contributed by atoms with Crippen molar-refractivity contribution in [2.24, 2.45) is 11.8 Å². The Labute approximate surface area is 180 Å². The molecule has 4 unspecified atom stereocenters. The van der Waals surface area contributed by atoms with Crippen LogP contribution in [-0.4, -0.2) is 87.5 Å². The Bertz CT molecular complexity index is 676. The number of nitrogens with zero attached hydrogens (tertiary/aromatic N) is 3. The van der Waals surface area contributed by atoms with Gasteiger partial charge >= 0.3 is 0 Å². The summed E-state index contributed by atoms with van der Waals surface area (Å²) in [7, 11) is 4.10. The minimum Gasteiger partial charge on any atom is -0.379 e. The largest absolute Gasteiger partial charge is 0.379 e. The molecule has 0 spiro atoms. The SMILES string of the molecule is CN(C)c1ccc(NC(=S)NCC2CC3CCN2CC3CN2CCOCC2)cc1. The molecule has 2 bridgehead atoms. The molecule has 29 heavy (non-hydrogen) atoms. The van der Waals surface area contributed by atoms with Crippen LogP contribution < -0.4 is 15.5 Å². The van der Waals surface area contributed by atoms with Gasteiger partial charge in [-0.3, -0.25) is 9.80 Å². The second-order valence-electron chi connectivity index (χ2n) is 8.88. The van der Waals surface area contributed by atoms with E-state index in [0.29, 0.717) is 6.04 Å². The molecule has 0 aromatic heterocycles. The summed E-state index contributed by atoms with van der Waals surface area (Å²) >= 11 is 5.54. The quantitative estimate of drug-likeness (QED) is 0.687. The number of nitrogens with one attached hydrogen (secondary N) is 2. The fraction of sp³-hybridized carbons (Fsp3) is 0.682. The molecule has 4 saturated heterocycles. The van der Waals surface area contributed by atoms with Crippen molar-refractivity contribution in [1.82, 2.24) is 15.1 Å². The van der Waals surface area contributed by atoms with Gasteiger partial charge in [0.1, 0.15) is 0 Å². The van der Waals surface area contributed by atoms with E-state index < -0.39 is 0 Å². The summed E-state index contributed by atoms with van der Waals surface area (Å²) in [6, 6.07) is 8.96. The molecule has 4 atom stereocenters. The van der Waals surface area contributed by atoms with E-state index in [1.807, 2.05) is 14.1 Å². The van der Waals surface area contributed by atoms with Crippen molar-refractivity contribution >= 4 is 28.7 Å². The first-order valence-electron chi connectivity index (χ1n) is 10.9. The van der Waals surface area contributed by atoms with Gasteiger partial charge in [-0.05, 0) is 67.7 Å². The topological polar surface area (TPSA) is 43.0 Å². The molecule has 0 aliphatic carbocycles. The van der Waals surface area contributed by atoms with Crippen LogP contribution in [0.25, 0.3) is 0 Å². The van der Waals surface area contributed by atoms with E-state index in [9.17, 15) is 0 Å². The van der Waals surface area contributed by atoms with E-state index in [4.69, 9.17) is 17.0 Å². The third-order valence-corrected chi connectivity index (χ3v) is 7.00. The second kappa shape index (κ2) is 9.60. The summed E-state index contributed by atoms with van der Waals surface area (Å²) in [6.07, 6.45) is 2.65. The molecule has 2 N–H and O–H groups in total. The van der Waals surface area contributed by atoms with Crippen LogP contribution in [0, 0.1) is 11.8 Å². The lowest BCUT2D eigenvalue weighted by Gasteiger charge is -2.51. The number of anilines is 2. The van der Waals surface area contributed by atoms with Crippen molar-refractivity contribution in [2.45, 2.75) is 18.9 Å². The fourth-order valence-corrected chi connectivity index (χ4v) is 5.21. The molecule has 0 radical (unpaired) electrons. The normalized spacial score (nSPS) is 29.4. The minimum atomic E-state index is 0.602. The standard InChI is InChI=1S/C22H35N5OS/c1-25(2)20-5-3-19(4-6-20)24-22(29)23-14-21-13-17-7-8-27(21)16-18(17)15-26-9-11-28-12-10-26/h3-6,17-18,21H,7-16H2,1-2H3,(H2,23,24,29). The summed E-state index contributed by atoms with van der Waals surface area (Å²) in [4.78, 5) is 7.38. The van der Waals surface area contributed by atoms with Crippen LogP contribution in [0.4, 0.5) is 11.4 Å². The van der Waals surface area contributed by atoms with Crippen molar-refractivity contribution in [3.63, 3.8) is 0 Å². The second-order valence-corrected chi connectivity index (χ2v) is 9.29. The van der Waals surface area contributed by atoms with Crippen LogP contribution >= 0.6 is 12.2 Å². The van der Waals surface area contributed by atoms with Gasteiger partial charge in [-0.15, -0.1) is 0 Å². The third kappa shape index (κ3) is 5.40. The van der Waals surface area contributed by atoms with Gasteiger partial charge in [0.25, 0.3) is 0 Å². The van der Waals surface area contributed by atoms with E-state index in [0.717, 1.165) is 55.5 Å². The summed E-state index contributed by atoms with van der Waals surface area (Å²) < 4.78 is 5.50. The number of benzene rings is 1. The molecule has 160 valence electrons. The number of ether oxygens (including phenoxy) is 1. The van der Waals surface area contributed by atoms with Crippen LogP contribution in [0.3, 0.4) is 0 Å². The van der Waals surface area contributed by atoms with Gasteiger partial charge in [0.2, 0.25) is 0 Å². The summed E-state index contributed by atoms with van der Waals surface area (Å²) in [5.74, 6) is 1.67. The molecular formula is C22H35N5OS. The highest BCUT2D eigenvalue weighted by atomic mass is 32.1. The first-order chi connectivity index (χ1) is 14.1. The molecule has 4 fully saturated rings. The van der Waals surface area contributed by atoms with Crippen LogP contribution in [-0.2, 0) is 4.74 Å². The average Bonchev–Trinajstić information content (AvgIpc) is 2.74. The van der Waals surface area contributed by atoms with E-state index in [2.05, 4.69) is 49.6 Å². The number of piperidine rings is 3. The lowest BCUT2D eigenvalue weighted by atomic mass is 9.75. The number of fused-ring (bicyclic) bond motifs is 3. The van der Waals surface area contributed by atoms with Crippen molar-refractivity contribution < 1.29 is 4.74 Å². The van der Waals surface area contributed by atoms with E-state index in [1.54, 1.807) is 0 Å². The molecule has 0 amide bonds. The molecule has 7 heteroatoms. The van der Waals surface area contributed by atoms with E-state index >= 15 is 0 Å². The number of hydrogen-bond acceptors (Lipinski definition) is 5. The smallest absolute Gasteiger partial charge is 0.170 e. The van der Waals surface area contributed by atoms with Crippen LogP contribution in [0.1, 0.15) is 12.8 Å². The highest BCUT2D eigenvalue weighted by molar-refractivity contribution is 7.80. The molecule has 4 heterocycles. The molecule has 4 aliphatic rings. The van der Waals surface area contributed by atoms with Crippen LogP contribution in [0.5, 0.6) is 0 Å². The van der Waals surface area contributed by atoms with Crippen molar-refractivity contribution in [1.29, 1.82) is 0 Å². The number of hydrogen-bond donors (Lipinski definition) is 2. The lowest BCUT2D eigenvalue weighted by Crippen LogP contribution is -2.59.